The van der Waals surface area contributed by atoms with E-state index in [2.05, 4.69) is 11.3 Å². The molecule has 1 aromatic rings. The third-order valence-corrected chi connectivity index (χ3v) is 1.82. The van der Waals surface area contributed by atoms with E-state index in [-0.39, 0.29) is 0 Å². The van der Waals surface area contributed by atoms with E-state index in [1.54, 1.807) is 11.3 Å². The Morgan fingerprint density at radius 2 is 2.56 bits per heavy atom. The van der Waals surface area contributed by atoms with Gasteiger partial charge in [-0.1, -0.05) is 0 Å². The molecule has 0 saturated heterocycles. The number of hydrogen-bond acceptors (Lipinski definition) is 3. The molecule has 2 radical (unpaired) electrons. The fourth-order valence-corrected chi connectivity index (χ4v) is 1.37. The second-order valence-electron chi connectivity index (χ2n) is 1.67. The van der Waals surface area contributed by atoms with E-state index in [1.165, 1.54) is 0 Å². The Kier molecular flexibility index (Phi) is 1.17. The maximum atomic E-state index is 4.81. The minimum Gasteiger partial charge on any atom is -0.336 e. The first-order valence-electron chi connectivity index (χ1n) is 2.56. The first kappa shape index (κ1) is 5.26. The average molecular weight is 140 g/mol. The van der Waals surface area contributed by atoms with Crippen molar-refractivity contribution < 1.29 is 9.78 Å². The van der Waals surface area contributed by atoms with Gasteiger partial charge in [-0.3, -0.25) is 0 Å². The third kappa shape index (κ3) is 0.821. The largest absolute Gasteiger partial charge is 0.336 e. The molecule has 9 heavy (non-hydrogen) atoms. The summed E-state index contributed by atoms with van der Waals surface area (Å²) in [4.78, 5) is 9.46. The predicted octanol–water partition coefficient (Wildman–Crippen LogP) is 1.50. The Labute approximate surface area is 57.0 Å². The zero-order valence-electron chi connectivity index (χ0n) is 4.59. The van der Waals surface area contributed by atoms with Crippen molar-refractivity contribution >= 4 is 11.3 Å². The Morgan fingerprint density at radius 3 is 3.44 bits per heavy atom. The van der Waals surface area contributed by atoms with E-state index in [1.807, 2.05) is 10.8 Å². The molecule has 0 unspecified atom stereocenters. The molecule has 0 saturated carbocycles. The summed E-state index contributed by atoms with van der Waals surface area (Å²) in [7, 11) is 0. The van der Waals surface area contributed by atoms with E-state index in [4.69, 9.17) is 4.89 Å². The molecule has 1 aliphatic rings. The summed E-state index contributed by atoms with van der Waals surface area (Å²) in [6.45, 7) is 0.434. The molecular formula is C6H4O2S. The van der Waals surface area contributed by atoms with Gasteiger partial charge in [0.1, 0.15) is 6.61 Å². The molecule has 3 heteroatoms. The lowest BCUT2D eigenvalue weighted by atomic mass is 10.2. The van der Waals surface area contributed by atoms with Crippen molar-refractivity contribution in [1.82, 2.24) is 0 Å². The number of hydrogen-bond donors (Lipinski definition) is 0. The molecule has 0 amide bonds. The molecule has 0 aromatic carbocycles. The van der Waals surface area contributed by atoms with Crippen LogP contribution < -0.4 is 4.89 Å². The first-order valence-corrected chi connectivity index (χ1v) is 3.50. The van der Waals surface area contributed by atoms with Gasteiger partial charge in [-0.2, -0.15) is 4.89 Å². The molecule has 0 aliphatic carbocycles. The molecule has 1 aromatic heterocycles. The smallest absolute Gasteiger partial charge is 0.179 e. The van der Waals surface area contributed by atoms with Gasteiger partial charge >= 0.3 is 0 Å². The molecule has 0 bridgehead atoms. The highest BCUT2D eigenvalue weighted by Gasteiger charge is 2.11. The van der Waals surface area contributed by atoms with Crippen molar-refractivity contribution in [3.8, 4) is 5.75 Å². The Bertz CT molecular complexity index is 186. The van der Waals surface area contributed by atoms with Crippen molar-refractivity contribution in [2.75, 3.05) is 6.61 Å². The number of thiophene rings is 1. The molecule has 0 spiro atoms. The van der Waals surface area contributed by atoms with Crippen LogP contribution in [0.2, 0.25) is 0 Å². The van der Waals surface area contributed by atoms with Crippen LogP contribution in [0.15, 0.2) is 10.8 Å². The van der Waals surface area contributed by atoms with Crippen LogP contribution >= 0.6 is 11.3 Å². The fraction of sp³-hybridized carbons (Fsp3) is 0.167. The molecule has 2 nitrogen and oxygen atoms in total. The third-order valence-electron chi connectivity index (χ3n) is 1.10. The summed E-state index contributed by atoms with van der Waals surface area (Å²) in [6.07, 6.45) is 3.01. The lowest BCUT2D eigenvalue weighted by molar-refractivity contribution is -0.205. The van der Waals surface area contributed by atoms with Gasteiger partial charge in [0.25, 0.3) is 0 Å². The first-order chi connectivity index (χ1) is 4.47. The van der Waals surface area contributed by atoms with Gasteiger partial charge in [0.2, 0.25) is 0 Å². The lowest BCUT2D eigenvalue weighted by Gasteiger charge is -2.09. The van der Waals surface area contributed by atoms with Crippen LogP contribution in [-0.4, -0.2) is 6.61 Å². The highest BCUT2D eigenvalue weighted by atomic mass is 32.1. The van der Waals surface area contributed by atoms with E-state index in [9.17, 15) is 0 Å². The van der Waals surface area contributed by atoms with Crippen LogP contribution in [0, 0.1) is 6.42 Å². The van der Waals surface area contributed by atoms with Crippen molar-refractivity contribution in [3.05, 3.63) is 22.7 Å². The van der Waals surface area contributed by atoms with Crippen molar-refractivity contribution in [2.24, 2.45) is 0 Å². The molecular weight excluding hydrogens is 136 g/mol. The van der Waals surface area contributed by atoms with Crippen molar-refractivity contribution in [2.45, 2.75) is 0 Å². The quantitative estimate of drug-likeness (QED) is 0.508. The molecule has 0 fully saturated rings. The minimum atomic E-state index is 0.434. The van der Waals surface area contributed by atoms with E-state index in [0.717, 1.165) is 11.3 Å². The summed E-state index contributed by atoms with van der Waals surface area (Å²) < 4.78 is 0. The fourth-order valence-electron chi connectivity index (χ4n) is 0.679. The monoisotopic (exact) mass is 140 g/mol. The molecule has 0 N–H and O–H groups in total. The van der Waals surface area contributed by atoms with Gasteiger partial charge in [0, 0.05) is 10.9 Å². The summed E-state index contributed by atoms with van der Waals surface area (Å²) in [6, 6.07) is 0. The van der Waals surface area contributed by atoms with Crippen LogP contribution in [0.4, 0.5) is 0 Å². The second-order valence-corrected chi connectivity index (χ2v) is 2.42. The zero-order valence-corrected chi connectivity index (χ0v) is 5.40. The summed E-state index contributed by atoms with van der Waals surface area (Å²) in [5, 5.41) is 3.87. The molecule has 2 rings (SSSR count). The highest BCUT2D eigenvalue weighted by Crippen LogP contribution is 2.27. The summed E-state index contributed by atoms with van der Waals surface area (Å²) in [5.41, 5.74) is 1.02. The standard InChI is InChI=1S/C6H4O2S/c1-2-7-8-6-4-9-3-5(1)6/h3-4H,2H2. The van der Waals surface area contributed by atoms with E-state index in [0.29, 0.717) is 6.61 Å². The molecule has 0 atom stereocenters. The maximum Gasteiger partial charge on any atom is 0.179 e. The van der Waals surface area contributed by atoms with E-state index >= 15 is 0 Å². The molecule has 2 heterocycles. The van der Waals surface area contributed by atoms with Crippen molar-refractivity contribution in [3.63, 3.8) is 0 Å². The topological polar surface area (TPSA) is 18.5 Å². The van der Waals surface area contributed by atoms with Crippen LogP contribution in [0.1, 0.15) is 5.56 Å². The maximum absolute atomic E-state index is 4.81. The molecule has 46 valence electrons. The van der Waals surface area contributed by atoms with Crippen LogP contribution in [0.3, 0.4) is 0 Å². The molecule has 1 aliphatic heterocycles. The van der Waals surface area contributed by atoms with Crippen LogP contribution in [0.5, 0.6) is 5.75 Å². The predicted molar refractivity (Wildman–Crippen MR) is 33.2 cm³/mol. The average Bonchev–Trinajstić information content (AvgIpc) is 2.33. The normalized spacial score (nSPS) is 16.4. The van der Waals surface area contributed by atoms with Gasteiger partial charge < -0.3 is 4.89 Å². The Morgan fingerprint density at radius 1 is 1.56 bits per heavy atom. The second kappa shape index (κ2) is 2.01. The summed E-state index contributed by atoms with van der Waals surface area (Å²) in [5.74, 6) is 0.784. The zero-order chi connectivity index (χ0) is 6.10. The minimum absolute atomic E-state index is 0.434. The van der Waals surface area contributed by atoms with Gasteiger partial charge in [-0.05, 0) is 5.38 Å². The Hall–Kier alpha value is -0.540. The van der Waals surface area contributed by atoms with Crippen LogP contribution in [-0.2, 0) is 4.89 Å². The summed E-state index contributed by atoms with van der Waals surface area (Å²) >= 11 is 1.59. The number of rotatable bonds is 0. The highest BCUT2D eigenvalue weighted by molar-refractivity contribution is 7.08. The van der Waals surface area contributed by atoms with Gasteiger partial charge in [0.05, 0.1) is 6.42 Å². The number of fused-ring (bicyclic) bond motifs is 1. The van der Waals surface area contributed by atoms with E-state index < -0.39 is 0 Å². The van der Waals surface area contributed by atoms with Gasteiger partial charge in [0.15, 0.2) is 5.75 Å². The van der Waals surface area contributed by atoms with Gasteiger partial charge in [-0.15, -0.1) is 11.3 Å². The SMILES string of the molecule is [C]1COOc2cscc21. The lowest BCUT2D eigenvalue weighted by Crippen LogP contribution is -2.06. The van der Waals surface area contributed by atoms with Crippen molar-refractivity contribution in [1.29, 1.82) is 0 Å². The Balaban J connectivity index is 2.39. The van der Waals surface area contributed by atoms with Crippen LogP contribution in [0.25, 0.3) is 0 Å². The van der Waals surface area contributed by atoms with Gasteiger partial charge in [-0.25, -0.2) is 0 Å².